The Morgan fingerprint density at radius 2 is 1.24 bits per heavy atom. The van der Waals surface area contributed by atoms with Crippen LogP contribution in [-0.4, -0.2) is 16.7 Å². The molecule has 0 unspecified atom stereocenters. The van der Waals surface area contributed by atoms with E-state index in [1.54, 1.807) is 0 Å². The minimum atomic E-state index is 0.348. The molecule has 1 heterocycles. The Kier molecular flexibility index (Phi) is 11.8. The molecule has 3 aromatic rings. The molecule has 3 rings (SSSR count). The van der Waals surface area contributed by atoms with Gasteiger partial charge in [0.05, 0.1) is 0 Å². The molecule has 0 saturated heterocycles. The first-order valence-electron chi connectivity index (χ1n) is 13.0. The summed E-state index contributed by atoms with van der Waals surface area (Å²) in [5, 5.41) is 9.93. The SMILES string of the molecule is OCCCCCCCCCCCCCCc1ccc2cccc(OCc3ccccc3)c2n1. The summed E-state index contributed by atoms with van der Waals surface area (Å²) in [4.78, 5) is 4.94. The van der Waals surface area contributed by atoms with Gasteiger partial charge in [0.2, 0.25) is 0 Å². The number of rotatable bonds is 17. The van der Waals surface area contributed by atoms with E-state index in [0.29, 0.717) is 13.2 Å². The fourth-order valence-electron chi connectivity index (χ4n) is 4.34. The van der Waals surface area contributed by atoms with Gasteiger partial charge < -0.3 is 9.84 Å². The van der Waals surface area contributed by atoms with Gasteiger partial charge in [0, 0.05) is 17.7 Å². The molecule has 1 N–H and O–H groups in total. The van der Waals surface area contributed by atoms with E-state index in [1.807, 2.05) is 30.3 Å². The first-order valence-corrected chi connectivity index (χ1v) is 13.0. The number of fused-ring (bicyclic) bond motifs is 1. The molecule has 0 saturated carbocycles. The number of pyridine rings is 1. The molecular formula is C30H41NO2. The fourth-order valence-corrected chi connectivity index (χ4v) is 4.34. The van der Waals surface area contributed by atoms with Crippen molar-refractivity contribution >= 4 is 10.9 Å². The Morgan fingerprint density at radius 1 is 0.606 bits per heavy atom. The number of aliphatic hydroxyl groups excluding tert-OH is 1. The van der Waals surface area contributed by atoms with Gasteiger partial charge in [0.15, 0.2) is 0 Å². The summed E-state index contributed by atoms with van der Waals surface area (Å²) in [6.45, 7) is 0.913. The maximum atomic E-state index is 8.79. The molecular weight excluding hydrogens is 406 g/mol. The van der Waals surface area contributed by atoms with Crippen molar-refractivity contribution in [1.82, 2.24) is 4.98 Å². The highest BCUT2D eigenvalue weighted by Gasteiger charge is 2.06. The second kappa shape index (κ2) is 15.4. The third-order valence-corrected chi connectivity index (χ3v) is 6.32. The highest BCUT2D eigenvalue weighted by Crippen LogP contribution is 2.25. The highest BCUT2D eigenvalue weighted by molar-refractivity contribution is 5.84. The van der Waals surface area contributed by atoms with E-state index in [0.717, 1.165) is 29.5 Å². The number of unbranched alkanes of at least 4 members (excludes halogenated alkanes) is 11. The fraction of sp³-hybridized carbons (Fsp3) is 0.500. The van der Waals surface area contributed by atoms with Gasteiger partial charge in [0.1, 0.15) is 17.9 Å². The topological polar surface area (TPSA) is 42.4 Å². The number of ether oxygens (including phenoxy) is 1. The lowest BCUT2D eigenvalue weighted by molar-refractivity contribution is 0.282. The molecule has 3 heteroatoms. The lowest BCUT2D eigenvalue weighted by Gasteiger charge is -2.10. The molecule has 0 amide bonds. The molecule has 0 aliphatic carbocycles. The van der Waals surface area contributed by atoms with E-state index >= 15 is 0 Å². The molecule has 0 fully saturated rings. The summed E-state index contributed by atoms with van der Waals surface area (Å²) >= 11 is 0. The second-order valence-electron chi connectivity index (χ2n) is 9.12. The summed E-state index contributed by atoms with van der Waals surface area (Å²) in [7, 11) is 0. The van der Waals surface area contributed by atoms with Crippen LogP contribution in [0.1, 0.15) is 88.3 Å². The molecule has 0 aliphatic rings. The summed E-state index contributed by atoms with van der Waals surface area (Å²) in [6, 6.07) is 20.8. The van der Waals surface area contributed by atoms with Gasteiger partial charge in [-0.1, -0.05) is 113 Å². The minimum Gasteiger partial charge on any atom is -0.487 e. The van der Waals surface area contributed by atoms with E-state index in [-0.39, 0.29) is 0 Å². The van der Waals surface area contributed by atoms with Crippen LogP contribution in [0.4, 0.5) is 0 Å². The van der Waals surface area contributed by atoms with Gasteiger partial charge in [-0.2, -0.15) is 0 Å². The maximum Gasteiger partial charge on any atom is 0.146 e. The zero-order valence-corrected chi connectivity index (χ0v) is 20.2. The molecule has 0 aliphatic heterocycles. The van der Waals surface area contributed by atoms with Crippen LogP contribution < -0.4 is 4.74 Å². The van der Waals surface area contributed by atoms with Crippen molar-refractivity contribution < 1.29 is 9.84 Å². The molecule has 3 nitrogen and oxygen atoms in total. The number of aliphatic hydroxyl groups is 1. The monoisotopic (exact) mass is 447 g/mol. The van der Waals surface area contributed by atoms with Crippen molar-refractivity contribution in [2.45, 2.75) is 90.1 Å². The van der Waals surface area contributed by atoms with Gasteiger partial charge in [-0.05, 0) is 37.0 Å². The smallest absolute Gasteiger partial charge is 0.146 e. The molecule has 0 bridgehead atoms. The highest BCUT2D eigenvalue weighted by atomic mass is 16.5. The Bertz CT molecular complexity index is 910. The zero-order valence-electron chi connectivity index (χ0n) is 20.2. The van der Waals surface area contributed by atoms with Gasteiger partial charge in [-0.3, -0.25) is 0 Å². The van der Waals surface area contributed by atoms with Crippen LogP contribution in [0.5, 0.6) is 5.75 Å². The van der Waals surface area contributed by atoms with Gasteiger partial charge >= 0.3 is 0 Å². The molecule has 0 spiro atoms. The summed E-state index contributed by atoms with van der Waals surface area (Å²) in [5.74, 6) is 0.867. The number of nitrogens with zero attached hydrogens (tertiary/aromatic N) is 1. The Morgan fingerprint density at radius 3 is 1.91 bits per heavy atom. The summed E-state index contributed by atoms with van der Waals surface area (Å²) in [5.41, 5.74) is 3.31. The van der Waals surface area contributed by atoms with Crippen molar-refractivity contribution in [1.29, 1.82) is 0 Å². The van der Waals surface area contributed by atoms with Crippen molar-refractivity contribution in [2.24, 2.45) is 0 Å². The first-order chi connectivity index (χ1) is 16.4. The normalized spacial score (nSPS) is 11.2. The third-order valence-electron chi connectivity index (χ3n) is 6.32. The molecule has 2 aromatic carbocycles. The zero-order chi connectivity index (χ0) is 23.0. The Balaban J connectivity index is 1.33. The number of aryl methyl sites for hydroxylation is 1. The van der Waals surface area contributed by atoms with E-state index in [1.165, 1.54) is 81.9 Å². The first kappa shape index (κ1) is 25.2. The van der Waals surface area contributed by atoms with Crippen LogP contribution in [0.15, 0.2) is 60.7 Å². The molecule has 0 radical (unpaired) electrons. The standard InChI is InChI=1S/C30H41NO2/c32-24-15-10-8-6-4-2-1-3-5-7-9-14-20-28-23-22-27-19-16-21-29(30(27)31-28)33-25-26-17-12-11-13-18-26/h11-13,16-19,21-23,32H,1-10,14-15,20,24-25H2. The van der Waals surface area contributed by atoms with E-state index in [9.17, 15) is 0 Å². The van der Waals surface area contributed by atoms with Gasteiger partial charge in [-0.25, -0.2) is 4.98 Å². The summed E-state index contributed by atoms with van der Waals surface area (Å²) in [6.07, 6.45) is 16.4. The van der Waals surface area contributed by atoms with Crippen LogP contribution in [0.25, 0.3) is 10.9 Å². The molecule has 1 aromatic heterocycles. The number of benzene rings is 2. The average molecular weight is 448 g/mol. The van der Waals surface area contributed by atoms with Gasteiger partial charge in [0.25, 0.3) is 0 Å². The quantitative estimate of drug-likeness (QED) is 0.213. The van der Waals surface area contributed by atoms with Crippen LogP contribution in [0.2, 0.25) is 0 Å². The molecule has 0 atom stereocenters. The minimum absolute atomic E-state index is 0.348. The van der Waals surface area contributed by atoms with E-state index in [4.69, 9.17) is 14.8 Å². The predicted octanol–water partition coefficient (Wildman–Crippen LogP) is 8.03. The largest absolute Gasteiger partial charge is 0.487 e. The Hall–Kier alpha value is -2.39. The lowest BCUT2D eigenvalue weighted by atomic mass is 10.0. The van der Waals surface area contributed by atoms with E-state index < -0.39 is 0 Å². The third kappa shape index (κ3) is 9.55. The van der Waals surface area contributed by atoms with Crippen LogP contribution in [0, 0.1) is 0 Å². The summed E-state index contributed by atoms with van der Waals surface area (Å²) < 4.78 is 6.11. The van der Waals surface area contributed by atoms with Crippen LogP contribution in [-0.2, 0) is 13.0 Å². The Labute approximate surface area is 200 Å². The van der Waals surface area contributed by atoms with E-state index in [2.05, 4.69) is 30.3 Å². The number of aromatic nitrogens is 1. The second-order valence-corrected chi connectivity index (χ2v) is 9.12. The number of hydrogen-bond acceptors (Lipinski definition) is 3. The van der Waals surface area contributed by atoms with Gasteiger partial charge in [-0.15, -0.1) is 0 Å². The number of para-hydroxylation sites is 1. The predicted molar refractivity (Wildman–Crippen MR) is 139 cm³/mol. The van der Waals surface area contributed by atoms with Crippen molar-refractivity contribution in [3.05, 3.63) is 71.9 Å². The lowest BCUT2D eigenvalue weighted by Crippen LogP contribution is -1.98. The van der Waals surface area contributed by atoms with Crippen LogP contribution in [0.3, 0.4) is 0 Å². The van der Waals surface area contributed by atoms with Crippen LogP contribution >= 0.6 is 0 Å². The van der Waals surface area contributed by atoms with Crippen molar-refractivity contribution in [3.8, 4) is 5.75 Å². The number of hydrogen-bond donors (Lipinski definition) is 1. The average Bonchev–Trinajstić information content (AvgIpc) is 2.86. The maximum absolute atomic E-state index is 8.79. The van der Waals surface area contributed by atoms with Crippen molar-refractivity contribution in [2.75, 3.05) is 6.61 Å². The van der Waals surface area contributed by atoms with Crippen molar-refractivity contribution in [3.63, 3.8) is 0 Å². The molecule has 178 valence electrons. The molecule has 33 heavy (non-hydrogen) atoms.